The Morgan fingerprint density at radius 3 is 2.61 bits per heavy atom. The quantitative estimate of drug-likeness (QED) is 0.470. The summed E-state index contributed by atoms with van der Waals surface area (Å²) in [4.78, 5) is 55.9. The van der Waals surface area contributed by atoms with Gasteiger partial charge in [-0.3, -0.25) is 19.3 Å². The van der Waals surface area contributed by atoms with Gasteiger partial charge in [-0.05, 0) is 33.0 Å². The minimum atomic E-state index is -1.63. The van der Waals surface area contributed by atoms with Crippen LogP contribution in [0.5, 0.6) is 0 Å². The summed E-state index contributed by atoms with van der Waals surface area (Å²) in [5, 5.41) is 0. The van der Waals surface area contributed by atoms with Crippen LogP contribution >= 0.6 is 0 Å². The normalized spacial score (nSPS) is 23.7. The highest BCUT2D eigenvalue weighted by atomic mass is 19.1. The van der Waals surface area contributed by atoms with E-state index < -0.39 is 41.0 Å². The number of hydrogen-bond acceptors (Lipinski definition) is 6. The van der Waals surface area contributed by atoms with E-state index in [1.807, 2.05) is 19.0 Å². The Morgan fingerprint density at radius 1 is 1.26 bits per heavy atom. The van der Waals surface area contributed by atoms with E-state index in [4.69, 9.17) is 4.74 Å². The van der Waals surface area contributed by atoms with Gasteiger partial charge in [-0.25, -0.2) is 9.18 Å². The van der Waals surface area contributed by atoms with Crippen LogP contribution in [0.15, 0.2) is 24.3 Å². The van der Waals surface area contributed by atoms with E-state index in [0.717, 1.165) is 4.90 Å². The summed E-state index contributed by atoms with van der Waals surface area (Å²) in [5.74, 6) is -2.64. The average molecular weight is 433 g/mol. The Hall–Kier alpha value is -2.81. The number of amides is 3. The fourth-order valence-corrected chi connectivity index (χ4v) is 4.43. The predicted molar refractivity (Wildman–Crippen MR) is 109 cm³/mol. The monoisotopic (exact) mass is 433 g/mol. The Bertz CT molecular complexity index is 890. The van der Waals surface area contributed by atoms with Crippen molar-refractivity contribution in [2.45, 2.75) is 37.1 Å². The SMILES string of the molecule is COC(=O)[C@@H]1CCCN1C(=O)C[C@@]1(c2ccccc2F)CC(=O)N(CCN(C)C)C1=O. The number of likely N-dealkylation sites (tertiary alicyclic amines) is 2. The number of ether oxygens (including phenoxy) is 1. The second-order valence-corrected chi connectivity index (χ2v) is 8.34. The first-order valence-electron chi connectivity index (χ1n) is 10.3. The number of carbonyl (C=O) groups excluding carboxylic acids is 4. The Labute approximate surface area is 180 Å². The topological polar surface area (TPSA) is 87.2 Å². The lowest BCUT2D eigenvalue weighted by atomic mass is 9.75. The summed E-state index contributed by atoms with van der Waals surface area (Å²) in [6.45, 7) is 0.956. The van der Waals surface area contributed by atoms with Crippen LogP contribution in [0.2, 0.25) is 0 Å². The molecule has 3 rings (SSSR count). The number of esters is 1. The number of hydrogen-bond donors (Lipinski definition) is 0. The second kappa shape index (κ2) is 9.13. The third-order valence-electron chi connectivity index (χ3n) is 6.07. The molecule has 1 aromatic carbocycles. The first-order chi connectivity index (χ1) is 14.7. The molecule has 0 unspecified atom stereocenters. The third kappa shape index (κ3) is 4.32. The maximum Gasteiger partial charge on any atom is 0.328 e. The van der Waals surface area contributed by atoms with Crippen molar-refractivity contribution in [1.82, 2.24) is 14.7 Å². The summed E-state index contributed by atoms with van der Waals surface area (Å²) in [5.41, 5.74) is -1.60. The van der Waals surface area contributed by atoms with Crippen molar-refractivity contribution >= 4 is 23.7 Å². The number of nitrogens with zero attached hydrogens (tertiary/aromatic N) is 3. The second-order valence-electron chi connectivity index (χ2n) is 8.34. The van der Waals surface area contributed by atoms with E-state index in [1.165, 1.54) is 30.2 Å². The Kier molecular flexibility index (Phi) is 6.74. The predicted octanol–water partition coefficient (Wildman–Crippen LogP) is 0.938. The maximum absolute atomic E-state index is 14.8. The minimum Gasteiger partial charge on any atom is -0.467 e. The fraction of sp³-hybridized carbons (Fsp3) is 0.545. The fourth-order valence-electron chi connectivity index (χ4n) is 4.43. The molecule has 2 saturated heterocycles. The van der Waals surface area contributed by atoms with Gasteiger partial charge in [-0.2, -0.15) is 0 Å². The molecule has 3 amide bonds. The van der Waals surface area contributed by atoms with Gasteiger partial charge in [0.05, 0.1) is 12.5 Å². The van der Waals surface area contributed by atoms with E-state index in [2.05, 4.69) is 0 Å². The molecule has 2 aliphatic heterocycles. The van der Waals surface area contributed by atoms with E-state index in [1.54, 1.807) is 6.07 Å². The van der Waals surface area contributed by atoms with Crippen molar-refractivity contribution in [3.05, 3.63) is 35.6 Å². The number of likely N-dealkylation sites (N-methyl/N-ethyl adjacent to an activating group) is 1. The van der Waals surface area contributed by atoms with Gasteiger partial charge in [0.2, 0.25) is 17.7 Å². The lowest BCUT2D eigenvalue weighted by molar-refractivity contribution is -0.151. The van der Waals surface area contributed by atoms with Crippen LogP contribution in [0.1, 0.15) is 31.2 Å². The highest BCUT2D eigenvalue weighted by Crippen LogP contribution is 2.42. The summed E-state index contributed by atoms with van der Waals surface area (Å²) in [6, 6.07) is 5.01. The van der Waals surface area contributed by atoms with E-state index in [0.29, 0.717) is 25.9 Å². The summed E-state index contributed by atoms with van der Waals surface area (Å²) in [6.07, 6.45) is 0.417. The molecular formula is C22H28FN3O5. The standard InChI is InChI=1S/C22H28FN3O5/c1-24(2)11-12-26-19(28)14-22(21(26)30,15-7-4-5-8-16(15)23)13-18(27)25-10-6-9-17(25)20(29)31-3/h4-5,7-8,17H,6,9-14H2,1-3H3/t17-,22-/m0/s1. The summed E-state index contributed by atoms with van der Waals surface area (Å²) < 4.78 is 19.6. The number of methoxy groups -OCH3 is 1. The van der Waals surface area contributed by atoms with Crippen molar-refractivity contribution < 1.29 is 28.3 Å². The van der Waals surface area contributed by atoms with Crippen LogP contribution in [-0.2, 0) is 29.3 Å². The Balaban J connectivity index is 1.96. The molecule has 1 aromatic rings. The first kappa shape index (κ1) is 22.9. The van der Waals surface area contributed by atoms with Crippen molar-refractivity contribution in [3.8, 4) is 0 Å². The number of halogens is 1. The molecule has 0 spiro atoms. The molecule has 0 radical (unpaired) electrons. The van der Waals surface area contributed by atoms with Crippen molar-refractivity contribution in [3.63, 3.8) is 0 Å². The minimum absolute atomic E-state index is 0.0304. The average Bonchev–Trinajstić information content (AvgIpc) is 3.30. The van der Waals surface area contributed by atoms with Gasteiger partial charge in [0.1, 0.15) is 11.9 Å². The maximum atomic E-state index is 14.8. The van der Waals surface area contributed by atoms with E-state index in [-0.39, 0.29) is 24.9 Å². The van der Waals surface area contributed by atoms with Gasteiger partial charge in [-0.1, -0.05) is 18.2 Å². The van der Waals surface area contributed by atoms with Crippen LogP contribution in [0, 0.1) is 5.82 Å². The van der Waals surface area contributed by atoms with Gasteiger partial charge < -0.3 is 14.5 Å². The van der Waals surface area contributed by atoms with Crippen LogP contribution in [0.3, 0.4) is 0 Å². The van der Waals surface area contributed by atoms with Crippen LogP contribution in [-0.4, -0.2) is 85.3 Å². The van der Waals surface area contributed by atoms with Crippen LogP contribution in [0.4, 0.5) is 4.39 Å². The van der Waals surface area contributed by atoms with Crippen LogP contribution < -0.4 is 0 Å². The van der Waals surface area contributed by atoms with Gasteiger partial charge in [-0.15, -0.1) is 0 Å². The molecule has 31 heavy (non-hydrogen) atoms. The van der Waals surface area contributed by atoms with Crippen molar-refractivity contribution in [1.29, 1.82) is 0 Å². The zero-order chi connectivity index (χ0) is 22.8. The number of imide groups is 1. The molecule has 2 heterocycles. The molecule has 2 fully saturated rings. The molecule has 0 aliphatic carbocycles. The van der Waals surface area contributed by atoms with Crippen molar-refractivity contribution in [2.75, 3.05) is 40.8 Å². The Morgan fingerprint density at radius 2 is 1.97 bits per heavy atom. The molecule has 2 aliphatic rings. The molecule has 0 N–H and O–H groups in total. The highest BCUT2D eigenvalue weighted by Gasteiger charge is 2.55. The van der Waals surface area contributed by atoms with Crippen LogP contribution in [0.25, 0.3) is 0 Å². The van der Waals surface area contributed by atoms with Gasteiger partial charge in [0, 0.05) is 38.0 Å². The molecule has 0 saturated carbocycles. The third-order valence-corrected chi connectivity index (χ3v) is 6.07. The van der Waals surface area contributed by atoms with E-state index >= 15 is 0 Å². The number of carbonyl (C=O) groups is 4. The zero-order valence-corrected chi connectivity index (χ0v) is 18.1. The van der Waals surface area contributed by atoms with Gasteiger partial charge in [0.25, 0.3) is 0 Å². The van der Waals surface area contributed by atoms with Gasteiger partial charge >= 0.3 is 5.97 Å². The highest BCUT2D eigenvalue weighted by molar-refractivity contribution is 6.11. The summed E-state index contributed by atoms with van der Waals surface area (Å²) in [7, 11) is 4.89. The molecule has 0 aromatic heterocycles. The molecule has 2 atom stereocenters. The largest absolute Gasteiger partial charge is 0.467 e. The van der Waals surface area contributed by atoms with Gasteiger partial charge in [0.15, 0.2) is 0 Å². The lowest BCUT2D eigenvalue weighted by Crippen LogP contribution is -2.47. The lowest BCUT2D eigenvalue weighted by Gasteiger charge is -2.31. The molecule has 9 heteroatoms. The number of benzene rings is 1. The van der Waals surface area contributed by atoms with Crippen molar-refractivity contribution in [2.24, 2.45) is 0 Å². The molecular weight excluding hydrogens is 405 g/mol. The molecule has 168 valence electrons. The first-order valence-corrected chi connectivity index (χ1v) is 10.3. The summed E-state index contributed by atoms with van der Waals surface area (Å²) >= 11 is 0. The zero-order valence-electron chi connectivity index (χ0n) is 18.1. The number of rotatable bonds is 7. The smallest absolute Gasteiger partial charge is 0.328 e. The van der Waals surface area contributed by atoms with E-state index in [9.17, 15) is 23.6 Å². The molecule has 0 bridgehead atoms. The molecule has 8 nitrogen and oxygen atoms in total.